The van der Waals surface area contributed by atoms with E-state index < -0.39 is 17.6 Å². The number of benzene rings is 2. The average molecular weight is 417 g/mol. The quantitative estimate of drug-likeness (QED) is 0.525. The summed E-state index contributed by atoms with van der Waals surface area (Å²) >= 11 is 0.893. The van der Waals surface area contributed by atoms with E-state index in [1.165, 1.54) is 26.6 Å². The molecule has 0 unspecified atom stereocenters. The third-order valence-electron chi connectivity index (χ3n) is 4.26. The predicted octanol–water partition coefficient (Wildman–Crippen LogP) is 4.14. The highest BCUT2D eigenvalue weighted by Gasteiger charge is 2.22. The molecule has 0 aliphatic carbocycles. The van der Waals surface area contributed by atoms with Gasteiger partial charge in [-0.15, -0.1) is 0 Å². The highest BCUT2D eigenvalue weighted by atomic mass is 32.1. The van der Waals surface area contributed by atoms with Crippen LogP contribution in [0.25, 0.3) is 27.4 Å². The minimum absolute atomic E-state index is 0.0405. The number of fused-ring (bicyclic) bond motifs is 1. The number of hydrogen-bond acceptors (Lipinski definition) is 6. The predicted molar refractivity (Wildman–Crippen MR) is 102 cm³/mol. The first-order valence-electron chi connectivity index (χ1n) is 8.22. The number of imidazole rings is 1. The van der Waals surface area contributed by atoms with E-state index in [1.807, 2.05) is 0 Å². The van der Waals surface area contributed by atoms with Crippen molar-refractivity contribution in [3.63, 3.8) is 0 Å². The van der Waals surface area contributed by atoms with Crippen molar-refractivity contribution in [2.24, 2.45) is 0 Å². The first kappa shape index (κ1) is 18.8. The van der Waals surface area contributed by atoms with Gasteiger partial charge in [0, 0.05) is 17.7 Å². The molecule has 29 heavy (non-hydrogen) atoms. The van der Waals surface area contributed by atoms with Gasteiger partial charge >= 0.3 is 5.97 Å². The molecule has 0 bridgehead atoms. The second-order valence-electron chi connectivity index (χ2n) is 5.92. The molecule has 2 heterocycles. The molecule has 2 aromatic heterocycles. The van der Waals surface area contributed by atoms with Gasteiger partial charge in [-0.2, -0.15) is 0 Å². The zero-order valence-electron chi connectivity index (χ0n) is 15.1. The van der Waals surface area contributed by atoms with Gasteiger partial charge in [0.15, 0.2) is 28.3 Å². The van der Waals surface area contributed by atoms with Gasteiger partial charge in [-0.3, -0.25) is 4.57 Å². The van der Waals surface area contributed by atoms with Crippen molar-refractivity contribution in [3.8, 4) is 27.9 Å². The smallest absolute Gasteiger partial charge is 0.348 e. The van der Waals surface area contributed by atoms with E-state index in [0.717, 1.165) is 23.5 Å². The van der Waals surface area contributed by atoms with Crippen molar-refractivity contribution in [2.75, 3.05) is 14.2 Å². The Bertz CT molecular complexity index is 1250. The Hall–Kier alpha value is -3.53. The third-order valence-corrected chi connectivity index (χ3v) is 5.30. The van der Waals surface area contributed by atoms with E-state index >= 15 is 0 Å². The summed E-state index contributed by atoms with van der Waals surface area (Å²) in [6.45, 7) is 0. The number of hydrogen-bond donors (Lipinski definition) is 1. The Kier molecular flexibility index (Phi) is 4.63. The van der Waals surface area contributed by atoms with Crippen LogP contribution in [0.5, 0.6) is 11.5 Å². The molecule has 1 N–H and O–H groups in total. The van der Waals surface area contributed by atoms with Crippen LogP contribution < -0.4 is 9.47 Å². The molecule has 4 rings (SSSR count). The van der Waals surface area contributed by atoms with Crippen molar-refractivity contribution in [1.82, 2.24) is 14.5 Å². The second kappa shape index (κ2) is 7.13. The first-order chi connectivity index (χ1) is 13.9. The summed E-state index contributed by atoms with van der Waals surface area (Å²) in [5.74, 6) is -2.37. The van der Waals surface area contributed by atoms with Crippen LogP contribution in [0.2, 0.25) is 0 Å². The van der Waals surface area contributed by atoms with Crippen LogP contribution in [-0.4, -0.2) is 39.8 Å². The summed E-state index contributed by atoms with van der Waals surface area (Å²) in [6.07, 6.45) is 1.49. The molecule has 4 aromatic rings. The Balaban J connectivity index is 1.90. The highest BCUT2D eigenvalue weighted by molar-refractivity contribution is 7.16. The standard InChI is InChI=1S/C19H13F2N3O4S/c1-27-14-6-12-13(7-15(14)28-2)24(8-22-12)19-23-16(17(29-19)18(25)26)9-3-4-10(20)11(21)5-9/h3-8H,1-2H3,(H,25,26). The minimum Gasteiger partial charge on any atom is -0.493 e. The number of carbonyl (C=O) groups is 1. The van der Waals surface area contributed by atoms with E-state index in [9.17, 15) is 18.7 Å². The highest BCUT2D eigenvalue weighted by Crippen LogP contribution is 2.35. The zero-order chi connectivity index (χ0) is 20.7. The van der Waals surface area contributed by atoms with Gasteiger partial charge in [0.05, 0.1) is 30.9 Å². The fourth-order valence-corrected chi connectivity index (χ4v) is 3.80. The Morgan fingerprint density at radius 2 is 1.83 bits per heavy atom. The maximum Gasteiger partial charge on any atom is 0.348 e. The molecule has 2 aromatic carbocycles. The molecule has 0 amide bonds. The molecule has 7 nitrogen and oxygen atoms in total. The van der Waals surface area contributed by atoms with Crippen molar-refractivity contribution < 1.29 is 28.2 Å². The van der Waals surface area contributed by atoms with Gasteiger partial charge < -0.3 is 14.6 Å². The molecule has 0 fully saturated rings. The van der Waals surface area contributed by atoms with Crippen molar-refractivity contribution in [2.45, 2.75) is 0 Å². The van der Waals surface area contributed by atoms with Gasteiger partial charge in [0.25, 0.3) is 0 Å². The number of rotatable bonds is 5. The van der Waals surface area contributed by atoms with E-state index in [2.05, 4.69) is 9.97 Å². The molecule has 0 aliphatic rings. The Morgan fingerprint density at radius 3 is 2.48 bits per heavy atom. The molecule has 0 aliphatic heterocycles. The number of carboxylic acid groups (broad SMARTS) is 1. The largest absolute Gasteiger partial charge is 0.493 e. The summed E-state index contributed by atoms with van der Waals surface area (Å²) in [5.41, 5.74) is 1.40. The number of carboxylic acids is 1. The van der Waals surface area contributed by atoms with Gasteiger partial charge in [0.2, 0.25) is 0 Å². The second-order valence-corrected chi connectivity index (χ2v) is 6.90. The number of ether oxygens (including phenoxy) is 2. The lowest BCUT2D eigenvalue weighted by Gasteiger charge is -2.07. The van der Waals surface area contributed by atoms with Gasteiger partial charge in [-0.1, -0.05) is 11.3 Å². The van der Waals surface area contributed by atoms with Crippen LogP contribution in [-0.2, 0) is 0 Å². The van der Waals surface area contributed by atoms with Crippen molar-refractivity contribution in [1.29, 1.82) is 0 Å². The topological polar surface area (TPSA) is 86.5 Å². The normalized spacial score (nSPS) is 11.0. The monoisotopic (exact) mass is 417 g/mol. The van der Waals surface area contributed by atoms with Crippen LogP contribution in [0.3, 0.4) is 0 Å². The van der Waals surface area contributed by atoms with Crippen molar-refractivity contribution in [3.05, 3.63) is 53.2 Å². The fourth-order valence-electron chi connectivity index (χ4n) is 2.88. The lowest BCUT2D eigenvalue weighted by Crippen LogP contribution is -1.96. The Labute approximate surface area is 166 Å². The maximum absolute atomic E-state index is 13.7. The summed E-state index contributed by atoms with van der Waals surface area (Å²) < 4.78 is 39.1. The SMILES string of the molecule is COc1cc2ncn(-c3nc(-c4ccc(F)c(F)c4)c(C(=O)O)s3)c2cc1OC. The maximum atomic E-state index is 13.7. The lowest BCUT2D eigenvalue weighted by molar-refractivity contribution is 0.0702. The number of halogens is 2. The molecule has 0 radical (unpaired) electrons. The van der Waals surface area contributed by atoms with E-state index in [-0.39, 0.29) is 16.1 Å². The van der Waals surface area contributed by atoms with E-state index in [0.29, 0.717) is 27.7 Å². The van der Waals surface area contributed by atoms with E-state index in [1.54, 1.807) is 16.7 Å². The average Bonchev–Trinajstić information content (AvgIpc) is 3.32. The summed E-state index contributed by atoms with van der Waals surface area (Å²) in [7, 11) is 3.01. The third kappa shape index (κ3) is 3.17. The van der Waals surface area contributed by atoms with Crippen LogP contribution >= 0.6 is 11.3 Å². The number of nitrogens with zero attached hydrogens (tertiary/aromatic N) is 3. The summed E-state index contributed by atoms with van der Waals surface area (Å²) in [6, 6.07) is 6.51. The lowest BCUT2D eigenvalue weighted by atomic mass is 10.1. The fraction of sp³-hybridized carbons (Fsp3) is 0.105. The minimum atomic E-state index is -1.22. The van der Waals surface area contributed by atoms with Crippen LogP contribution in [0.15, 0.2) is 36.7 Å². The van der Waals surface area contributed by atoms with Crippen LogP contribution in [0, 0.1) is 11.6 Å². The zero-order valence-corrected chi connectivity index (χ0v) is 16.0. The number of aromatic nitrogens is 3. The van der Waals surface area contributed by atoms with Crippen LogP contribution in [0.1, 0.15) is 9.67 Å². The summed E-state index contributed by atoms with van der Waals surface area (Å²) in [5, 5.41) is 9.87. The Morgan fingerprint density at radius 1 is 1.10 bits per heavy atom. The molecular weight excluding hydrogens is 404 g/mol. The molecule has 10 heteroatoms. The van der Waals surface area contributed by atoms with Gasteiger partial charge in [0.1, 0.15) is 11.2 Å². The van der Waals surface area contributed by atoms with Crippen LogP contribution in [0.4, 0.5) is 8.78 Å². The molecule has 0 spiro atoms. The number of thiazole rings is 1. The number of aromatic carboxylic acids is 1. The number of methoxy groups -OCH3 is 2. The molecule has 148 valence electrons. The first-order valence-corrected chi connectivity index (χ1v) is 9.03. The van der Waals surface area contributed by atoms with E-state index in [4.69, 9.17) is 9.47 Å². The summed E-state index contributed by atoms with van der Waals surface area (Å²) in [4.78, 5) is 20.3. The molecule has 0 saturated carbocycles. The molecule has 0 saturated heterocycles. The molecule has 0 atom stereocenters. The molecular formula is C19H13F2N3O4S. The van der Waals surface area contributed by atoms with Gasteiger partial charge in [-0.25, -0.2) is 23.5 Å². The van der Waals surface area contributed by atoms with Crippen molar-refractivity contribution >= 4 is 28.3 Å². The van der Waals surface area contributed by atoms with Gasteiger partial charge in [-0.05, 0) is 18.2 Å².